The van der Waals surface area contributed by atoms with Crippen LogP contribution in [0.25, 0.3) is 21.8 Å². The lowest BCUT2D eigenvalue weighted by Gasteiger charge is -2.07. The second-order valence-electron chi connectivity index (χ2n) is 5.55. The van der Waals surface area contributed by atoms with Gasteiger partial charge in [-0.3, -0.25) is 4.72 Å². The van der Waals surface area contributed by atoms with E-state index < -0.39 is 10.0 Å². The van der Waals surface area contributed by atoms with Gasteiger partial charge in [0.2, 0.25) is 5.82 Å². The minimum Gasteiger partial charge on any atom is -0.279 e. The highest BCUT2D eigenvalue weighted by Crippen LogP contribution is 2.32. The van der Waals surface area contributed by atoms with Crippen molar-refractivity contribution < 1.29 is 8.42 Å². The Kier molecular flexibility index (Phi) is 4.65. The number of hydrogen-bond donors (Lipinski definition) is 2. The van der Waals surface area contributed by atoms with Crippen LogP contribution in [0.4, 0.5) is 5.69 Å². The first-order valence-electron chi connectivity index (χ1n) is 7.74. The summed E-state index contributed by atoms with van der Waals surface area (Å²) < 4.78 is 28.3. The van der Waals surface area contributed by atoms with Gasteiger partial charge in [0.25, 0.3) is 10.0 Å². The van der Waals surface area contributed by atoms with Crippen LogP contribution in [0.3, 0.4) is 0 Å². The predicted octanol–water partition coefficient (Wildman–Crippen LogP) is 4.05. The first-order valence-corrected chi connectivity index (χ1v) is 10.4. The first-order chi connectivity index (χ1) is 13.0. The maximum absolute atomic E-state index is 12.7. The van der Waals surface area contributed by atoms with E-state index in [1.165, 1.54) is 11.3 Å². The third-order valence-electron chi connectivity index (χ3n) is 3.69. The van der Waals surface area contributed by atoms with Crippen LogP contribution >= 0.6 is 22.9 Å². The van der Waals surface area contributed by atoms with E-state index in [2.05, 4.69) is 25.3 Å². The number of nitrogens with zero attached hydrogens (tertiary/aromatic N) is 3. The molecule has 0 saturated heterocycles. The van der Waals surface area contributed by atoms with E-state index in [9.17, 15) is 8.42 Å². The zero-order chi connectivity index (χ0) is 18.9. The molecule has 0 bridgehead atoms. The average molecular weight is 418 g/mol. The van der Waals surface area contributed by atoms with E-state index in [-0.39, 0.29) is 4.21 Å². The number of H-pyrrole nitrogens is 1. The van der Waals surface area contributed by atoms with Gasteiger partial charge in [0, 0.05) is 21.2 Å². The summed E-state index contributed by atoms with van der Waals surface area (Å²) in [6, 6.07) is 17.4. The molecule has 0 saturated carbocycles. The highest BCUT2D eigenvalue weighted by molar-refractivity contribution is 7.94. The number of halogens is 1. The largest absolute Gasteiger partial charge is 0.279 e. The quantitative estimate of drug-likeness (QED) is 0.510. The Morgan fingerprint density at radius 2 is 1.81 bits per heavy atom. The molecule has 2 aromatic heterocycles. The number of hydrogen-bond acceptors (Lipinski definition) is 6. The molecule has 4 rings (SSSR count). The predicted molar refractivity (Wildman–Crippen MR) is 105 cm³/mol. The van der Waals surface area contributed by atoms with Gasteiger partial charge >= 0.3 is 0 Å². The van der Waals surface area contributed by atoms with E-state index in [1.54, 1.807) is 48.5 Å². The molecule has 0 amide bonds. The van der Waals surface area contributed by atoms with Crippen LogP contribution < -0.4 is 4.72 Å². The van der Waals surface area contributed by atoms with Crippen LogP contribution in [-0.2, 0) is 10.0 Å². The number of tetrazole rings is 1. The van der Waals surface area contributed by atoms with Crippen molar-refractivity contribution in [1.82, 2.24) is 20.6 Å². The molecule has 7 nitrogen and oxygen atoms in total. The topological polar surface area (TPSA) is 101 Å². The molecule has 2 aromatic carbocycles. The molecule has 0 aliphatic heterocycles. The fraction of sp³-hybridized carbons (Fsp3) is 0. The SMILES string of the molecule is O=S(=O)(Nc1cccc(-c2nn[nH]n2)c1)c1ccc(-c2ccc(Cl)cc2)s1. The van der Waals surface area contributed by atoms with Gasteiger partial charge in [-0.15, -0.1) is 21.5 Å². The van der Waals surface area contributed by atoms with Gasteiger partial charge in [0.15, 0.2) is 0 Å². The fourth-order valence-corrected chi connectivity index (χ4v) is 4.93. The Morgan fingerprint density at radius 1 is 1.00 bits per heavy atom. The van der Waals surface area contributed by atoms with Gasteiger partial charge < -0.3 is 0 Å². The Balaban J connectivity index is 1.59. The maximum atomic E-state index is 12.7. The minimum atomic E-state index is -3.72. The molecule has 10 heteroatoms. The van der Waals surface area contributed by atoms with Gasteiger partial charge in [-0.2, -0.15) is 5.21 Å². The van der Waals surface area contributed by atoms with Crippen molar-refractivity contribution in [2.45, 2.75) is 4.21 Å². The lowest BCUT2D eigenvalue weighted by molar-refractivity contribution is 0.603. The molecule has 0 spiro atoms. The summed E-state index contributed by atoms with van der Waals surface area (Å²) in [6.07, 6.45) is 0. The second-order valence-corrected chi connectivity index (χ2v) is 8.98. The molecule has 0 aliphatic carbocycles. The van der Waals surface area contributed by atoms with E-state index in [0.29, 0.717) is 22.1 Å². The van der Waals surface area contributed by atoms with Crippen molar-refractivity contribution in [1.29, 1.82) is 0 Å². The van der Waals surface area contributed by atoms with Crippen LogP contribution in [0.15, 0.2) is 64.9 Å². The minimum absolute atomic E-state index is 0.220. The maximum Gasteiger partial charge on any atom is 0.271 e. The van der Waals surface area contributed by atoms with Gasteiger partial charge in [-0.05, 0) is 47.2 Å². The summed E-state index contributed by atoms with van der Waals surface area (Å²) in [5.74, 6) is 0.386. The Hall–Kier alpha value is -2.75. The number of rotatable bonds is 5. The van der Waals surface area contributed by atoms with Crippen molar-refractivity contribution >= 4 is 38.6 Å². The van der Waals surface area contributed by atoms with E-state index in [4.69, 9.17) is 11.6 Å². The number of aromatic nitrogens is 4. The smallest absolute Gasteiger partial charge is 0.271 e. The van der Waals surface area contributed by atoms with Crippen molar-refractivity contribution in [3.63, 3.8) is 0 Å². The average Bonchev–Trinajstić information content (AvgIpc) is 3.35. The molecule has 0 radical (unpaired) electrons. The summed E-state index contributed by atoms with van der Waals surface area (Å²) in [5, 5.41) is 14.3. The highest BCUT2D eigenvalue weighted by Gasteiger charge is 2.18. The van der Waals surface area contributed by atoms with E-state index >= 15 is 0 Å². The van der Waals surface area contributed by atoms with Gasteiger partial charge in [0.1, 0.15) is 4.21 Å². The number of aromatic amines is 1. The number of sulfonamides is 1. The number of benzene rings is 2. The van der Waals surface area contributed by atoms with Crippen molar-refractivity contribution in [3.8, 4) is 21.8 Å². The van der Waals surface area contributed by atoms with Crippen molar-refractivity contribution in [3.05, 3.63) is 65.7 Å². The second kappa shape index (κ2) is 7.10. The molecule has 4 aromatic rings. The zero-order valence-corrected chi connectivity index (χ0v) is 16.0. The summed E-state index contributed by atoms with van der Waals surface area (Å²) >= 11 is 7.09. The summed E-state index contributed by atoms with van der Waals surface area (Å²) in [5.41, 5.74) is 1.97. The monoisotopic (exact) mass is 417 g/mol. The van der Waals surface area contributed by atoms with Crippen molar-refractivity contribution in [2.24, 2.45) is 0 Å². The van der Waals surface area contributed by atoms with Gasteiger partial charge in [-0.1, -0.05) is 35.9 Å². The molecule has 0 aliphatic rings. The normalized spacial score (nSPS) is 11.4. The molecule has 27 heavy (non-hydrogen) atoms. The van der Waals surface area contributed by atoms with Crippen LogP contribution in [-0.4, -0.2) is 29.0 Å². The molecular weight excluding hydrogens is 406 g/mol. The van der Waals surface area contributed by atoms with E-state index in [0.717, 1.165) is 10.4 Å². The fourth-order valence-electron chi connectivity index (χ4n) is 2.45. The Bertz CT molecular complexity index is 1170. The van der Waals surface area contributed by atoms with Gasteiger partial charge in [-0.25, -0.2) is 8.42 Å². The molecule has 2 heterocycles. The highest BCUT2D eigenvalue weighted by atomic mass is 35.5. The summed E-state index contributed by atoms with van der Waals surface area (Å²) in [4.78, 5) is 0.840. The Labute approximate surface area is 164 Å². The van der Waals surface area contributed by atoms with Crippen LogP contribution in [0.2, 0.25) is 5.02 Å². The van der Waals surface area contributed by atoms with Crippen LogP contribution in [0, 0.1) is 0 Å². The third kappa shape index (κ3) is 3.85. The lowest BCUT2D eigenvalue weighted by atomic mass is 10.2. The van der Waals surface area contributed by atoms with E-state index in [1.807, 2.05) is 12.1 Å². The van der Waals surface area contributed by atoms with Crippen LogP contribution in [0.5, 0.6) is 0 Å². The summed E-state index contributed by atoms with van der Waals surface area (Å²) in [7, 11) is -3.72. The third-order valence-corrected chi connectivity index (χ3v) is 6.95. The molecule has 136 valence electrons. The molecule has 0 atom stereocenters. The number of thiophene rings is 1. The van der Waals surface area contributed by atoms with Crippen molar-refractivity contribution in [2.75, 3.05) is 4.72 Å². The lowest BCUT2D eigenvalue weighted by Crippen LogP contribution is -2.11. The molecular formula is C17H12ClN5O2S2. The molecule has 0 unspecified atom stereocenters. The zero-order valence-electron chi connectivity index (χ0n) is 13.6. The van der Waals surface area contributed by atoms with Gasteiger partial charge in [0.05, 0.1) is 0 Å². The number of anilines is 1. The first kappa shape index (κ1) is 17.7. The standard InChI is InChI=1S/C17H12ClN5O2S2/c18-13-6-4-11(5-7-13)15-8-9-16(26-15)27(24,25)21-14-3-1-2-12(10-14)17-19-22-23-20-17/h1-10,21H,(H,19,20,22,23). The molecule has 0 fully saturated rings. The Morgan fingerprint density at radius 3 is 2.56 bits per heavy atom. The van der Waals surface area contributed by atoms with Crippen LogP contribution in [0.1, 0.15) is 0 Å². The summed E-state index contributed by atoms with van der Waals surface area (Å²) in [6.45, 7) is 0. The number of nitrogens with one attached hydrogen (secondary N) is 2. The molecule has 2 N–H and O–H groups in total.